The SMILES string of the molecule is CC(=O)O.CO.Cc1cc(N)c2c(CC=O)ncnn12. The molecule has 0 saturated heterocycles. The molecule has 0 aromatic carbocycles. The van der Waals surface area contributed by atoms with E-state index >= 15 is 0 Å². The van der Waals surface area contributed by atoms with E-state index in [0.29, 0.717) is 11.4 Å². The smallest absolute Gasteiger partial charge is 0.300 e. The molecule has 2 aromatic rings. The number of nitrogens with two attached hydrogens (primary N) is 1. The van der Waals surface area contributed by atoms with Crippen molar-refractivity contribution in [3.05, 3.63) is 23.8 Å². The number of nitrogen functional groups attached to an aromatic ring is 1. The van der Waals surface area contributed by atoms with Crippen LogP contribution in [0.4, 0.5) is 5.69 Å². The van der Waals surface area contributed by atoms with Gasteiger partial charge in [0.1, 0.15) is 18.1 Å². The molecule has 2 rings (SSSR count). The summed E-state index contributed by atoms with van der Waals surface area (Å²) >= 11 is 0. The lowest BCUT2D eigenvalue weighted by Crippen LogP contribution is -2.02. The number of aromatic nitrogens is 3. The van der Waals surface area contributed by atoms with Crippen LogP contribution in [0.5, 0.6) is 0 Å². The molecule has 4 N–H and O–H groups in total. The van der Waals surface area contributed by atoms with Gasteiger partial charge in [0.15, 0.2) is 0 Å². The fourth-order valence-electron chi connectivity index (χ4n) is 1.53. The molecule has 0 amide bonds. The second kappa shape index (κ2) is 8.59. The van der Waals surface area contributed by atoms with Crippen molar-refractivity contribution in [3.63, 3.8) is 0 Å². The summed E-state index contributed by atoms with van der Waals surface area (Å²) in [6, 6.07) is 1.82. The lowest BCUT2D eigenvalue weighted by atomic mass is 10.3. The monoisotopic (exact) mass is 282 g/mol. The summed E-state index contributed by atoms with van der Waals surface area (Å²) in [5.41, 5.74) is 8.74. The molecule has 0 aliphatic carbocycles. The van der Waals surface area contributed by atoms with Crippen LogP contribution >= 0.6 is 0 Å². The van der Waals surface area contributed by atoms with E-state index in [-0.39, 0.29) is 6.42 Å². The number of aliphatic hydroxyl groups is 1. The number of aryl methyl sites for hydroxylation is 1. The Labute approximate surface area is 115 Å². The average molecular weight is 282 g/mol. The predicted octanol–water partition coefficient (Wildman–Crippen LogP) is 0.0607. The lowest BCUT2D eigenvalue weighted by Gasteiger charge is -2.00. The zero-order valence-corrected chi connectivity index (χ0v) is 11.6. The lowest BCUT2D eigenvalue weighted by molar-refractivity contribution is -0.134. The topological polar surface area (TPSA) is 131 Å². The molecule has 8 heteroatoms. The van der Waals surface area contributed by atoms with Crippen LogP contribution in [0.1, 0.15) is 18.3 Å². The molecular weight excluding hydrogens is 264 g/mol. The molecule has 0 aliphatic heterocycles. The fourth-order valence-corrected chi connectivity index (χ4v) is 1.53. The summed E-state index contributed by atoms with van der Waals surface area (Å²) in [7, 11) is 1.00. The molecule has 0 saturated carbocycles. The van der Waals surface area contributed by atoms with E-state index < -0.39 is 5.97 Å². The van der Waals surface area contributed by atoms with Gasteiger partial charge in [-0.3, -0.25) is 4.79 Å². The van der Waals surface area contributed by atoms with Crippen molar-refractivity contribution in [1.82, 2.24) is 14.6 Å². The van der Waals surface area contributed by atoms with E-state index in [1.807, 2.05) is 13.0 Å². The van der Waals surface area contributed by atoms with Gasteiger partial charge in [-0.05, 0) is 13.0 Å². The predicted molar refractivity (Wildman–Crippen MR) is 73.4 cm³/mol. The number of rotatable bonds is 2. The van der Waals surface area contributed by atoms with Crippen LogP contribution in [0.3, 0.4) is 0 Å². The van der Waals surface area contributed by atoms with Crippen molar-refractivity contribution in [1.29, 1.82) is 0 Å². The molecule has 0 fully saturated rings. The first-order chi connectivity index (χ1) is 9.47. The van der Waals surface area contributed by atoms with E-state index in [1.54, 1.807) is 4.52 Å². The Hall–Kier alpha value is -2.48. The van der Waals surface area contributed by atoms with Crippen LogP contribution in [0.15, 0.2) is 12.4 Å². The van der Waals surface area contributed by atoms with Crippen molar-refractivity contribution in [2.24, 2.45) is 0 Å². The Balaban J connectivity index is 0.000000521. The Morgan fingerprint density at radius 1 is 1.50 bits per heavy atom. The third kappa shape index (κ3) is 4.65. The number of carboxylic acids is 1. The summed E-state index contributed by atoms with van der Waals surface area (Å²) < 4.78 is 1.70. The number of aliphatic carboxylic acids is 1. The van der Waals surface area contributed by atoms with E-state index in [9.17, 15) is 4.79 Å². The Kier molecular flexibility index (Phi) is 7.53. The number of carbonyl (C=O) groups excluding carboxylic acids is 1. The van der Waals surface area contributed by atoms with Gasteiger partial charge >= 0.3 is 0 Å². The molecule has 0 unspecified atom stereocenters. The number of hydrogen-bond donors (Lipinski definition) is 3. The highest BCUT2D eigenvalue weighted by Crippen LogP contribution is 2.19. The molecule has 0 aliphatic rings. The fraction of sp³-hybridized carbons (Fsp3) is 0.333. The molecule has 8 nitrogen and oxygen atoms in total. The van der Waals surface area contributed by atoms with Crippen molar-refractivity contribution in [3.8, 4) is 0 Å². The van der Waals surface area contributed by atoms with Gasteiger partial charge in [-0.25, -0.2) is 9.50 Å². The number of carboxylic acid groups (broad SMARTS) is 1. The quantitative estimate of drug-likeness (QED) is 0.664. The molecule has 0 bridgehead atoms. The molecule has 0 atom stereocenters. The molecule has 2 aromatic heterocycles. The largest absolute Gasteiger partial charge is 0.481 e. The highest BCUT2D eigenvalue weighted by atomic mass is 16.4. The third-order valence-electron chi connectivity index (χ3n) is 2.11. The summed E-state index contributed by atoms with van der Waals surface area (Å²) in [4.78, 5) is 23.5. The number of nitrogens with zero attached hydrogens (tertiary/aromatic N) is 3. The van der Waals surface area contributed by atoms with Gasteiger partial charge in [0.25, 0.3) is 5.97 Å². The Bertz CT molecular complexity index is 576. The maximum Gasteiger partial charge on any atom is 0.300 e. The van der Waals surface area contributed by atoms with Gasteiger partial charge < -0.3 is 20.7 Å². The Morgan fingerprint density at radius 3 is 2.55 bits per heavy atom. The van der Waals surface area contributed by atoms with Crippen LogP contribution in [0.25, 0.3) is 5.52 Å². The second-order valence-corrected chi connectivity index (χ2v) is 3.60. The molecule has 20 heavy (non-hydrogen) atoms. The van der Waals surface area contributed by atoms with Crippen molar-refractivity contribution >= 4 is 23.5 Å². The van der Waals surface area contributed by atoms with Gasteiger partial charge in [-0.2, -0.15) is 5.10 Å². The first-order valence-corrected chi connectivity index (χ1v) is 5.63. The molecule has 0 radical (unpaired) electrons. The van der Waals surface area contributed by atoms with Crippen LogP contribution in [0.2, 0.25) is 0 Å². The molecule has 2 heterocycles. The molecule has 110 valence electrons. The van der Waals surface area contributed by atoms with Crippen LogP contribution < -0.4 is 5.73 Å². The highest BCUT2D eigenvalue weighted by Gasteiger charge is 2.09. The standard InChI is InChI=1S/C9H10N4O.C2H4O2.CH4O/c1-6-4-7(10)9-8(2-3-14)11-5-12-13(6)9;1-2(3)4;1-2/h3-5H,2,10H2,1H3;1H3,(H,3,4);2H,1H3. The van der Waals surface area contributed by atoms with E-state index in [2.05, 4.69) is 10.1 Å². The van der Waals surface area contributed by atoms with E-state index in [0.717, 1.165) is 31.5 Å². The van der Waals surface area contributed by atoms with Crippen LogP contribution in [-0.2, 0) is 16.0 Å². The minimum atomic E-state index is -0.833. The summed E-state index contributed by atoms with van der Waals surface area (Å²) in [5, 5.41) is 18.5. The summed E-state index contributed by atoms with van der Waals surface area (Å²) in [5.74, 6) is -0.833. The number of carbonyl (C=O) groups is 2. The third-order valence-corrected chi connectivity index (χ3v) is 2.11. The Morgan fingerprint density at radius 2 is 2.05 bits per heavy atom. The maximum absolute atomic E-state index is 10.4. The van der Waals surface area contributed by atoms with Gasteiger partial charge in [0.2, 0.25) is 0 Å². The maximum atomic E-state index is 10.4. The minimum absolute atomic E-state index is 0.264. The number of aldehydes is 1. The first kappa shape index (κ1) is 17.5. The van der Waals surface area contributed by atoms with Gasteiger partial charge in [0, 0.05) is 26.1 Å². The highest BCUT2D eigenvalue weighted by molar-refractivity contribution is 5.76. The van der Waals surface area contributed by atoms with Crippen molar-refractivity contribution in [2.45, 2.75) is 20.3 Å². The van der Waals surface area contributed by atoms with Gasteiger partial charge in [-0.1, -0.05) is 0 Å². The van der Waals surface area contributed by atoms with Crippen LogP contribution in [-0.4, -0.2) is 44.2 Å². The van der Waals surface area contributed by atoms with E-state index in [1.165, 1.54) is 6.33 Å². The minimum Gasteiger partial charge on any atom is -0.481 e. The number of fused-ring (bicyclic) bond motifs is 1. The molecule has 0 spiro atoms. The number of aliphatic hydroxyl groups excluding tert-OH is 1. The first-order valence-electron chi connectivity index (χ1n) is 5.63. The van der Waals surface area contributed by atoms with Crippen molar-refractivity contribution in [2.75, 3.05) is 12.8 Å². The second-order valence-electron chi connectivity index (χ2n) is 3.60. The zero-order chi connectivity index (χ0) is 15.7. The van der Waals surface area contributed by atoms with Crippen molar-refractivity contribution < 1.29 is 19.8 Å². The van der Waals surface area contributed by atoms with E-state index in [4.69, 9.17) is 20.7 Å². The zero-order valence-electron chi connectivity index (χ0n) is 11.6. The average Bonchev–Trinajstić information content (AvgIpc) is 2.68. The normalized spacial score (nSPS) is 9.00. The molecular formula is C12H18N4O4. The number of anilines is 1. The van der Waals surface area contributed by atoms with Gasteiger partial charge in [0.05, 0.1) is 11.4 Å². The number of hydrogen-bond acceptors (Lipinski definition) is 6. The van der Waals surface area contributed by atoms with Gasteiger partial charge in [-0.15, -0.1) is 0 Å². The van der Waals surface area contributed by atoms with Crippen LogP contribution in [0, 0.1) is 6.92 Å². The summed E-state index contributed by atoms with van der Waals surface area (Å²) in [6.07, 6.45) is 2.50. The summed E-state index contributed by atoms with van der Waals surface area (Å²) in [6.45, 7) is 2.99.